The van der Waals surface area contributed by atoms with E-state index < -0.39 is 23.4 Å². The second-order valence-corrected chi connectivity index (χ2v) is 6.46. The molecule has 10 nitrogen and oxygen atoms in total. The van der Waals surface area contributed by atoms with Gasteiger partial charge in [-0.1, -0.05) is 23.9 Å². The number of methoxy groups -OCH3 is 1. The lowest BCUT2D eigenvalue weighted by molar-refractivity contribution is -0.114. The van der Waals surface area contributed by atoms with E-state index in [0.29, 0.717) is 11.4 Å². The van der Waals surface area contributed by atoms with Crippen LogP contribution in [0.4, 0.5) is 5.69 Å². The van der Waals surface area contributed by atoms with Gasteiger partial charge in [0.1, 0.15) is 5.75 Å². The van der Waals surface area contributed by atoms with Gasteiger partial charge in [0, 0.05) is 0 Å². The summed E-state index contributed by atoms with van der Waals surface area (Å²) in [6, 6.07) is 9.82. The zero-order chi connectivity index (χ0) is 20.8. The molecule has 148 valence electrons. The van der Waals surface area contributed by atoms with E-state index >= 15 is 0 Å². The molecule has 0 unspecified atom stereocenters. The summed E-state index contributed by atoms with van der Waals surface area (Å²) in [6.07, 6.45) is 1.29. The lowest BCUT2D eigenvalue weighted by atomic mass is 10.3. The summed E-state index contributed by atoms with van der Waals surface area (Å²) in [5.41, 5.74) is 0.0723. The highest BCUT2D eigenvalue weighted by Gasteiger charge is 2.26. The highest BCUT2D eigenvalue weighted by molar-refractivity contribution is 8.14. The second-order valence-electron chi connectivity index (χ2n) is 5.50. The molecule has 3 rings (SSSR count). The second kappa shape index (κ2) is 8.97. The van der Waals surface area contributed by atoms with Crippen molar-refractivity contribution in [2.24, 2.45) is 9.98 Å². The van der Waals surface area contributed by atoms with E-state index in [4.69, 9.17) is 14.6 Å². The summed E-state index contributed by atoms with van der Waals surface area (Å²) >= 11 is 0.930. The number of para-hydroxylation sites is 2. The van der Waals surface area contributed by atoms with Crippen LogP contribution in [0.2, 0.25) is 0 Å². The Labute approximate surface area is 168 Å². The van der Waals surface area contributed by atoms with E-state index in [1.165, 1.54) is 25.5 Å². The molecule has 11 heteroatoms. The quantitative estimate of drug-likeness (QED) is 0.680. The van der Waals surface area contributed by atoms with Crippen molar-refractivity contribution in [3.05, 3.63) is 48.4 Å². The van der Waals surface area contributed by atoms with Gasteiger partial charge in [0.15, 0.2) is 22.5 Å². The fourth-order valence-electron chi connectivity index (χ4n) is 2.24. The summed E-state index contributed by atoms with van der Waals surface area (Å²) in [5.74, 6) is -2.02. The molecule has 0 radical (unpaired) electrons. The molecule has 1 aromatic heterocycles. The molecule has 0 fully saturated rings. The summed E-state index contributed by atoms with van der Waals surface area (Å²) in [6.45, 7) is 0. The molecule has 0 aliphatic carbocycles. The molecule has 2 aromatic rings. The number of ether oxygens (including phenoxy) is 1. The topological polar surface area (TPSA) is 146 Å². The number of benzene rings is 1. The molecule has 0 saturated carbocycles. The minimum Gasteiger partial charge on any atom is -0.495 e. The number of amides is 3. The number of carbonyl (C=O) groups is 3. The molecule has 1 aromatic carbocycles. The number of furan rings is 1. The SMILES string of the molecule is COc1ccccc1NC(=O)CSC1=NC(=N)C(=NC(=O)c2ccco2)C(=O)N1. The standard InChI is InChI=1S/C18H15N5O5S/c1-27-11-6-3-2-5-10(11)20-13(24)9-29-18-22-15(19)14(17(26)23-18)21-16(25)12-7-4-8-28-12/h2-8H,9H2,1H3,(H,20,24)(H2,19,22,23,26). The van der Waals surface area contributed by atoms with E-state index in [0.717, 1.165) is 11.8 Å². The highest BCUT2D eigenvalue weighted by Crippen LogP contribution is 2.23. The number of amidine groups is 2. The van der Waals surface area contributed by atoms with Crippen LogP contribution in [-0.4, -0.2) is 47.3 Å². The third kappa shape index (κ3) is 4.96. The zero-order valence-corrected chi connectivity index (χ0v) is 15.9. The van der Waals surface area contributed by atoms with Gasteiger partial charge in [0.25, 0.3) is 5.91 Å². The Morgan fingerprint density at radius 1 is 1.31 bits per heavy atom. The first-order valence-electron chi connectivity index (χ1n) is 8.19. The molecule has 0 spiro atoms. The van der Waals surface area contributed by atoms with Crippen LogP contribution in [0.15, 0.2) is 57.1 Å². The Balaban J connectivity index is 1.61. The van der Waals surface area contributed by atoms with Gasteiger partial charge >= 0.3 is 5.91 Å². The van der Waals surface area contributed by atoms with Gasteiger partial charge in [-0.3, -0.25) is 25.1 Å². The Kier molecular flexibility index (Phi) is 6.19. The molecule has 2 heterocycles. The van der Waals surface area contributed by atoms with Crippen LogP contribution in [0.1, 0.15) is 10.6 Å². The van der Waals surface area contributed by atoms with Crippen molar-refractivity contribution in [1.82, 2.24) is 5.32 Å². The first-order chi connectivity index (χ1) is 14.0. The molecule has 1 aliphatic heterocycles. The maximum absolute atomic E-state index is 12.2. The predicted octanol–water partition coefficient (Wildman–Crippen LogP) is 1.70. The van der Waals surface area contributed by atoms with Crippen LogP contribution in [0.25, 0.3) is 0 Å². The maximum Gasteiger partial charge on any atom is 0.313 e. The van der Waals surface area contributed by atoms with Gasteiger partial charge in [0.2, 0.25) is 5.91 Å². The average Bonchev–Trinajstić information content (AvgIpc) is 3.24. The van der Waals surface area contributed by atoms with Crippen LogP contribution >= 0.6 is 11.8 Å². The van der Waals surface area contributed by atoms with E-state index in [9.17, 15) is 14.4 Å². The summed E-state index contributed by atoms with van der Waals surface area (Å²) in [7, 11) is 1.49. The van der Waals surface area contributed by atoms with E-state index in [-0.39, 0.29) is 22.6 Å². The van der Waals surface area contributed by atoms with Crippen molar-refractivity contribution in [1.29, 1.82) is 5.41 Å². The Bertz CT molecular complexity index is 1030. The van der Waals surface area contributed by atoms with Crippen molar-refractivity contribution in [2.45, 2.75) is 0 Å². The Morgan fingerprint density at radius 2 is 2.10 bits per heavy atom. The number of aliphatic imine (C=N–C) groups is 2. The molecular formula is C18H15N5O5S. The lowest BCUT2D eigenvalue weighted by Crippen LogP contribution is -2.43. The Hall–Kier alpha value is -3.73. The summed E-state index contributed by atoms with van der Waals surface area (Å²) < 4.78 is 10.1. The minimum atomic E-state index is -0.799. The minimum absolute atomic E-state index is 0.0552. The molecule has 1 aliphatic rings. The zero-order valence-electron chi connectivity index (χ0n) is 15.1. The monoisotopic (exact) mass is 413 g/mol. The third-order valence-corrected chi connectivity index (χ3v) is 4.41. The van der Waals surface area contributed by atoms with Crippen molar-refractivity contribution in [3.63, 3.8) is 0 Å². The van der Waals surface area contributed by atoms with Gasteiger partial charge in [-0.2, -0.15) is 4.99 Å². The van der Waals surface area contributed by atoms with Crippen molar-refractivity contribution < 1.29 is 23.5 Å². The summed E-state index contributed by atoms with van der Waals surface area (Å²) in [4.78, 5) is 43.7. The fraction of sp³-hybridized carbons (Fsp3) is 0.111. The number of carbonyl (C=O) groups excluding carboxylic acids is 3. The number of thioether (sulfide) groups is 1. The Morgan fingerprint density at radius 3 is 2.79 bits per heavy atom. The van der Waals surface area contributed by atoms with Crippen LogP contribution < -0.4 is 15.4 Å². The number of nitrogens with zero attached hydrogens (tertiary/aromatic N) is 2. The van der Waals surface area contributed by atoms with Crippen LogP contribution in [0, 0.1) is 5.41 Å². The van der Waals surface area contributed by atoms with Crippen LogP contribution in [-0.2, 0) is 9.59 Å². The normalized spacial score (nSPS) is 14.9. The lowest BCUT2D eigenvalue weighted by Gasteiger charge is -2.15. The summed E-state index contributed by atoms with van der Waals surface area (Å²) in [5, 5.41) is 13.0. The average molecular weight is 413 g/mol. The van der Waals surface area contributed by atoms with E-state index in [2.05, 4.69) is 20.6 Å². The fourth-order valence-corrected chi connectivity index (χ4v) is 2.90. The number of hydrogen-bond acceptors (Lipinski definition) is 7. The molecule has 3 amide bonds. The van der Waals surface area contributed by atoms with E-state index in [1.54, 1.807) is 24.3 Å². The van der Waals surface area contributed by atoms with Crippen LogP contribution in [0.5, 0.6) is 5.75 Å². The first kappa shape index (κ1) is 20.0. The molecular weight excluding hydrogens is 398 g/mol. The number of anilines is 1. The molecule has 3 N–H and O–H groups in total. The molecule has 29 heavy (non-hydrogen) atoms. The van der Waals surface area contributed by atoms with Crippen LogP contribution in [0.3, 0.4) is 0 Å². The maximum atomic E-state index is 12.2. The molecule has 0 saturated heterocycles. The van der Waals surface area contributed by atoms with Gasteiger partial charge in [0.05, 0.1) is 24.8 Å². The van der Waals surface area contributed by atoms with E-state index in [1.807, 2.05) is 0 Å². The first-order valence-corrected chi connectivity index (χ1v) is 9.17. The largest absolute Gasteiger partial charge is 0.495 e. The van der Waals surface area contributed by atoms with Crippen molar-refractivity contribution >= 4 is 51.9 Å². The van der Waals surface area contributed by atoms with Gasteiger partial charge < -0.3 is 14.5 Å². The number of rotatable bonds is 5. The predicted molar refractivity (Wildman–Crippen MR) is 108 cm³/mol. The third-order valence-electron chi connectivity index (χ3n) is 3.54. The smallest absolute Gasteiger partial charge is 0.313 e. The van der Waals surface area contributed by atoms with Gasteiger partial charge in [-0.25, -0.2) is 4.99 Å². The molecule has 0 bridgehead atoms. The number of nitrogens with one attached hydrogen (secondary N) is 3. The highest BCUT2D eigenvalue weighted by atomic mass is 32.2. The van der Waals surface area contributed by atoms with Crippen molar-refractivity contribution in [2.75, 3.05) is 18.2 Å². The number of hydrogen-bond donors (Lipinski definition) is 3. The van der Waals surface area contributed by atoms with Crippen molar-refractivity contribution in [3.8, 4) is 5.75 Å². The molecule has 0 atom stereocenters. The van der Waals surface area contributed by atoms with Gasteiger partial charge in [-0.05, 0) is 24.3 Å². The van der Waals surface area contributed by atoms with Gasteiger partial charge in [-0.15, -0.1) is 0 Å².